The summed E-state index contributed by atoms with van der Waals surface area (Å²) in [7, 11) is 0. The minimum absolute atomic E-state index is 0.0599. The Morgan fingerprint density at radius 3 is 2.31 bits per heavy atom. The number of halogens is 6. The quantitative estimate of drug-likeness (QED) is 0.607. The van der Waals surface area contributed by atoms with E-state index >= 15 is 0 Å². The van der Waals surface area contributed by atoms with Crippen LogP contribution in [-0.4, -0.2) is 70.3 Å². The largest absolute Gasteiger partial charge is 0.416 e. The van der Waals surface area contributed by atoms with Gasteiger partial charge >= 0.3 is 12.4 Å². The van der Waals surface area contributed by atoms with Crippen molar-refractivity contribution in [3.8, 4) is 6.07 Å². The highest BCUT2D eigenvalue weighted by Crippen LogP contribution is 2.42. The van der Waals surface area contributed by atoms with Crippen LogP contribution in [0.3, 0.4) is 0 Å². The van der Waals surface area contributed by atoms with Crippen LogP contribution in [0.5, 0.6) is 0 Å². The van der Waals surface area contributed by atoms with Crippen LogP contribution in [0.25, 0.3) is 0 Å². The molecule has 2 N–H and O–H groups in total. The predicted molar refractivity (Wildman–Crippen MR) is 114 cm³/mol. The average Bonchev–Trinajstić information content (AvgIpc) is 3.51. The number of rotatable bonds is 5. The summed E-state index contributed by atoms with van der Waals surface area (Å²) >= 11 is 0. The number of amides is 2. The van der Waals surface area contributed by atoms with Crippen LogP contribution in [0, 0.1) is 11.3 Å². The number of fused-ring (bicyclic) bond motifs is 2. The molecule has 1 aromatic rings. The highest BCUT2D eigenvalue weighted by atomic mass is 19.4. The Labute approximate surface area is 203 Å². The number of piperazine rings is 1. The molecule has 3 aliphatic rings. The number of benzene rings is 1. The molecule has 5 atom stereocenters. The van der Waals surface area contributed by atoms with Crippen LogP contribution in [0.2, 0.25) is 0 Å². The number of carbonyl (C=O) groups is 2. The minimum Gasteiger partial charge on any atom is -0.330 e. The molecule has 3 heterocycles. The van der Waals surface area contributed by atoms with Gasteiger partial charge in [0.15, 0.2) is 0 Å². The summed E-state index contributed by atoms with van der Waals surface area (Å²) in [4.78, 5) is 30.3. The molecule has 0 aliphatic carbocycles. The molecule has 0 radical (unpaired) electrons. The molecule has 3 saturated heterocycles. The second-order valence-electron chi connectivity index (χ2n) is 9.55. The van der Waals surface area contributed by atoms with Crippen molar-refractivity contribution in [2.75, 3.05) is 19.6 Å². The number of nitriles is 1. The van der Waals surface area contributed by atoms with E-state index in [0.29, 0.717) is 37.9 Å². The summed E-state index contributed by atoms with van der Waals surface area (Å²) in [6.07, 6.45) is -8.37. The summed E-state index contributed by atoms with van der Waals surface area (Å²) in [5.74, 6) is -0.816. The summed E-state index contributed by atoms with van der Waals surface area (Å²) in [5.41, 5.74) is 2.97. The lowest BCUT2D eigenvalue weighted by molar-refractivity contribution is -0.143. The van der Waals surface area contributed by atoms with Gasteiger partial charge in [-0.25, -0.2) is 0 Å². The monoisotopic (exact) mass is 517 g/mol. The van der Waals surface area contributed by atoms with Crippen molar-refractivity contribution in [3.63, 3.8) is 0 Å². The molecule has 0 aromatic heterocycles. The van der Waals surface area contributed by atoms with E-state index in [1.54, 1.807) is 4.90 Å². The van der Waals surface area contributed by atoms with Gasteiger partial charge in [0.25, 0.3) is 0 Å². The number of hydrogen-bond acceptors (Lipinski definition) is 5. The molecule has 4 rings (SSSR count). The predicted octanol–water partition coefficient (Wildman–Crippen LogP) is 2.91. The molecule has 196 valence electrons. The third-order valence-electron chi connectivity index (χ3n) is 7.26. The van der Waals surface area contributed by atoms with Gasteiger partial charge in [0.1, 0.15) is 6.04 Å². The zero-order valence-electron chi connectivity index (χ0n) is 19.3. The fourth-order valence-corrected chi connectivity index (χ4v) is 5.49. The Morgan fingerprint density at radius 1 is 1.17 bits per heavy atom. The lowest BCUT2D eigenvalue weighted by Crippen LogP contribution is -2.56. The zero-order valence-corrected chi connectivity index (χ0v) is 19.3. The molecule has 3 fully saturated rings. The first-order valence-corrected chi connectivity index (χ1v) is 11.5. The molecule has 1 aromatic carbocycles. The van der Waals surface area contributed by atoms with Crippen molar-refractivity contribution < 1.29 is 35.9 Å². The zero-order chi connectivity index (χ0) is 26.6. The minimum atomic E-state index is -4.98. The van der Waals surface area contributed by atoms with Gasteiger partial charge in [-0.3, -0.25) is 14.5 Å². The van der Waals surface area contributed by atoms with E-state index in [9.17, 15) is 41.2 Å². The number of carbonyl (C=O) groups excluding carboxylic acids is 2. The van der Waals surface area contributed by atoms with Gasteiger partial charge in [-0.1, -0.05) is 0 Å². The smallest absolute Gasteiger partial charge is 0.330 e. The molecule has 0 spiro atoms. The second-order valence-corrected chi connectivity index (χ2v) is 9.55. The summed E-state index contributed by atoms with van der Waals surface area (Å²) in [5, 5.41) is 9.20. The maximum atomic E-state index is 13.3. The molecule has 7 nitrogen and oxygen atoms in total. The van der Waals surface area contributed by atoms with Crippen LogP contribution >= 0.6 is 0 Å². The van der Waals surface area contributed by atoms with Gasteiger partial charge in [0.2, 0.25) is 11.8 Å². The van der Waals surface area contributed by atoms with Gasteiger partial charge in [0, 0.05) is 25.7 Å². The van der Waals surface area contributed by atoms with E-state index in [-0.39, 0.29) is 30.6 Å². The average molecular weight is 517 g/mol. The van der Waals surface area contributed by atoms with Gasteiger partial charge in [-0.15, -0.1) is 0 Å². The molecule has 2 amide bonds. The molecule has 0 saturated carbocycles. The Balaban J connectivity index is 1.49. The van der Waals surface area contributed by atoms with Crippen LogP contribution in [0.1, 0.15) is 48.9 Å². The van der Waals surface area contributed by atoms with E-state index in [4.69, 9.17) is 5.73 Å². The van der Waals surface area contributed by atoms with Crippen molar-refractivity contribution >= 4 is 11.8 Å². The van der Waals surface area contributed by atoms with Gasteiger partial charge in [-0.05, 0) is 49.9 Å². The Morgan fingerprint density at radius 2 is 1.78 bits per heavy atom. The number of nitrogens with two attached hydrogens (primary N) is 1. The van der Waals surface area contributed by atoms with Crippen molar-refractivity contribution in [2.45, 2.75) is 68.7 Å². The van der Waals surface area contributed by atoms with E-state index in [1.165, 1.54) is 16.7 Å². The maximum Gasteiger partial charge on any atom is 0.416 e. The van der Waals surface area contributed by atoms with E-state index in [0.717, 1.165) is 0 Å². The van der Waals surface area contributed by atoms with Crippen LogP contribution in [-0.2, 0) is 21.9 Å². The van der Waals surface area contributed by atoms with E-state index < -0.39 is 59.6 Å². The Hall–Kier alpha value is -2.85. The normalized spacial score (nSPS) is 26.4. The topological polar surface area (TPSA) is 93.7 Å². The third-order valence-corrected chi connectivity index (χ3v) is 7.26. The molecular formula is C23H25F6N5O2. The van der Waals surface area contributed by atoms with Gasteiger partial charge in [-0.2, -0.15) is 31.6 Å². The Kier molecular flexibility index (Phi) is 6.72. The van der Waals surface area contributed by atoms with Crippen molar-refractivity contribution in [1.29, 1.82) is 5.26 Å². The first-order valence-electron chi connectivity index (χ1n) is 11.5. The fraction of sp³-hybridized carbons (Fsp3) is 0.609. The fourth-order valence-electron chi connectivity index (χ4n) is 5.49. The molecular weight excluding hydrogens is 492 g/mol. The van der Waals surface area contributed by atoms with E-state index in [1.807, 2.05) is 0 Å². The molecule has 36 heavy (non-hydrogen) atoms. The van der Waals surface area contributed by atoms with Crippen LogP contribution in [0.15, 0.2) is 18.2 Å². The molecule has 13 heteroatoms. The number of nitrogens with zero attached hydrogens (tertiary/aromatic N) is 4. The lowest BCUT2D eigenvalue weighted by atomic mass is 9.98. The van der Waals surface area contributed by atoms with E-state index in [2.05, 4.69) is 6.07 Å². The van der Waals surface area contributed by atoms with Gasteiger partial charge < -0.3 is 15.5 Å². The van der Waals surface area contributed by atoms with Crippen molar-refractivity contribution in [3.05, 3.63) is 34.9 Å². The lowest BCUT2D eigenvalue weighted by Gasteiger charge is -2.38. The first kappa shape index (κ1) is 26.2. The summed E-state index contributed by atoms with van der Waals surface area (Å²) in [6.45, 7) is 2.18. The van der Waals surface area contributed by atoms with Gasteiger partial charge in [0.05, 0.1) is 35.3 Å². The van der Waals surface area contributed by atoms with Crippen LogP contribution in [0.4, 0.5) is 26.3 Å². The first-order chi connectivity index (χ1) is 16.7. The number of likely N-dealkylation sites (tertiary alicyclic amines) is 3. The maximum absolute atomic E-state index is 13.3. The van der Waals surface area contributed by atoms with Crippen molar-refractivity contribution in [2.24, 2.45) is 5.73 Å². The standard InChI is InChI=1S/C23H25F6N5O2/c1-12(13-5-14(22(24,25)26)7-15(6-13)23(27,28)29)34-17-8-19(21(34)36)32(10-17)11-18(31)20(35)33-4-2-3-16(33)9-30/h5-7,12,16-19H,2-4,8,10-11,31H2,1H3/t12-,16-,17-,18-,19-/m0/s1. The SMILES string of the molecule is C[C@@H](c1cc(C(F)(F)F)cc(C(F)(F)F)c1)N1C(=O)[C@@H]2C[C@H]1CN2C[C@H](N)C(=O)N1CCC[C@H]1C#N. The Bertz CT molecular complexity index is 1050. The number of alkyl halides is 6. The summed E-state index contributed by atoms with van der Waals surface area (Å²) < 4.78 is 79.7. The number of hydrogen-bond donors (Lipinski definition) is 1. The van der Waals surface area contributed by atoms with Crippen molar-refractivity contribution in [1.82, 2.24) is 14.7 Å². The molecule has 3 aliphatic heterocycles. The highest BCUT2D eigenvalue weighted by molar-refractivity contribution is 5.87. The summed E-state index contributed by atoms with van der Waals surface area (Å²) in [6, 6.07) is -0.208. The van der Waals surface area contributed by atoms with Crippen LogP contribution < -0.4 is 5.73 Å². The highest BCUT2D eigenvalue weighted by Gasteiger charge is 2.52. The third kappa shape index (κ3) is 4.76. The molecule has 0 unspecified atom stereocenters. The molecule has 2 bridgehead atoms. The second kappa shape index (κ2) is 9.23.